The Labute approximate surface area is 279 Å². The average molecular weight is 644 g/mol. The van der Waals surface area contributed by atoms with Gasteiger partial charge in [0.15, 0.2) is 6.23 Å². The molecule has 3 aliphatic rings. The fourth-order valence-corrected chi connectivity index (χ4v) is 6.55. The Balaban J connectivity index is 1.40. The van der Waals surface area contributed by atoms with Crippen molar-refractivity contribution in [2.45, 2.75) is 111 Å². The van der Waals surface area contributed by atoms with Gasteiger partial charge in [-0.15, -0.1) is 0 Å². The van der Waals surface area contributed by atoms with Crippen LogP contribution >= 0.6 is 0 Å². The number of nitrogens with two attached hydrogens (primary N) is 1. The minimum absolute atomic E-state index is 0.0313. The minimum Gasteiger partial charge on any atom is -0.490 e. The van der Waals surface area contributed by atoms with Crippen LogP contribution in [0.25, 0.3) is 16.5 Å². The summed E-state index contributed by atoms with van der Waals surface area (Å²) in [5, 5.41) is 5.84. The normalized spacial score (nSPS) is 22.4. The third-order valence-corrected chi connectivity index (χ3v) is 10.4. The molecule has 3 aromatic rings. The third kappa shape index (κ3) is 6.96. The standard InChI is InChI=1S/C37H50BN3O6/c1-35(2,3)30(45-34(39)42)23-44-28-17-14-24(15-18-28)32(33(25-11-10-12-25)38-46-36(4,5)37(6,7)47-38)26-16-19-29-27(21-26)22-40-41(29)31-13-8-9-20-43-31/h14-19,21-22,25,30-31H,8-13,20,23H2,1-7H3,(H2,39,42). The Hall–Kier alpha value is -3.34. The highest BCUT2D eigenvalue weighted by molar-refractivity contribution is 6.56. The second-order valence-corrected chi connectivity index (χ2v) is 15.4. The molecule has 0 bridgehead atoms. The fourth-order valence-electron chi connectivity index (χ4n) is 6.55. The van der Waals surface area contributed by atoms with Gasteiger partial charge in [-0.1, -0.05) is 45.4 Å². The first-order valence-electron chi connectivity index (χ1n) is 17.1. The first-order chi connectivity index (χ1) is 22.2. The predicted molar refractivity (Wildman–Crippen MR) is 184 cm³/mol. The highest BCUT2D eigenvalue weighted by Crippen LogP contribution is 2.47. The van der Waals surface area contributed by atoms with Crippen LogP contribution in [-0.2, 0) is 18.8 Å². The zero-order valence-electron chi connectivity index (χ0n) is 29.0. The number of nitrogens with zero attached hydrogens (tertiary/aromatic N) is 2. The second kappa shape index (κ2) is 12.9. The summed E-state index contributed by atoms with van der Waals surface area (Å²) in [7, 11) is -0.469. The summed E-state index contributed by atoms with van der Waals surface area (Å²) in [6.45, 7) is 15.4. The van der Waals surface area contributed by atoms with E-state index in [0.29, 0.717) is 11.7 Å². The van der Waals surface area contributed by atoms with Crippen molar-refractivity contribution in [2.24, 2.45) is 17.1 Å². The van der Waals surface area contributed by atoms with Crippen LogP contribution in [0.1, 0.15) is 104 Å². The third-order valence-electron chi connectivity index (χ3n) is 10.4. The Bertz CT molecular complexity index is 1600. The van der Waals surface area contributed by atoms with Crippen molar-refractivity contribution >= 4 is 29.7 Å². The first kappa shape index (κ1) is 33.6. The number of amides is 1. The Morgan fingerprint density at radius 3 is 2.26 bits per heavy atom. The van der Waals surface area contributed by atoms with Crippen LogP contribution < -0.4 is 10.5 Å². The molecule has 1 saturated carbocycles. The molecule has 2 aliphatic heterocycles. The molecule has 3 fully saturated rings. The first-order valence-corrected chi connectivity index (χ1v) is 17.1. The van der Waals surface area contributed by atoms with E-state index >= 15 is 0 Å². The number of fused-ring (bicyclic) bond motifs is 1. The number of primary amides is 1. The average Bonchev–Trinajstić information content (AvgIpc) is 3.50. The molecule has 0 radical (unpaired) electrons. The number of aromatic nitrogens is 2. The van der Waals surface area contributed by atoms with E-state index in [1.54, 1.807) is 0 Å². The molecule has 47 heavy (non-hydrogen) atoms. The second-order valence-electron chi connectivity index (χ2n) is 15.4. The van der Waals surface area contributed by atoms with E-state index in [1.807, 2.05) is 43.8 Å². The van der Waals surface area contributed by atoms with Crippen molar-refractivity contribution in [1.29, 1.82) is 0 Å². The van der Waals surface area contributed by atoms with E-state index < -0.39 is 30.5 Å². The van der Waals surface area contributed by atoms with Gasteiger partial charge < -0.3 is 29.3 Å². The van der Waals surface area contributed by atoms with Gasteiger partial charge in [-0.3, -0.25) is 0 Å². The molecule has 252 valence electrons. The summed E-state index contributed by atoms with van der Waals surface area (Å²) in [4.78, 5) is 11.5. The molecule has 1 amide bonds. The van der Waals surface area contributed by atoms with E-state index in [2.05, 4.69) is 58.0 Å². The molecule has 0 spiro atoms. The Morgan fingerprint density at radius 2 is 1.68 bits per heavy atom. The largest absolute Gasteiger partial charge is 0.491 e. The Kier molecular flexibility index (Phi) is 9.24. The number of hydrogen-bond donors (Lipinski definition) is 1. The molecule has 2 saturated heterocycles. The molecule has 9 nitrogen and oxygen atoms in total. The zero-order valence-corrected chi connectivity index (χ0v) is 29.0. The fraction of sp³-hybridized carbons (Fsp3) is 0.568. The van der Waals surface area contributed by atoms with Crippen LogP contribution in [0.2, 0.25) is 0 Å². The van der Waals surface area contributed by atoms with Gasteiger partial charge in [0.1, 0.15) is 18.5 Å². The van der Waals surface area contributed by atoms with Crippen LogP contribution in [-0.4, -0.2) is 53.5 Å². The van der Waals surface area contributed by atoms with Gasteiger partial charge in [0.2, 0.25) is 0 Å². The van der Waals surface area contributed by atoms with E-state index in [4.69, 9.17) is 34.4 Å². The molecule has 1 aromatic heterocycles. The molecule has 2 atom stereocenters. The highest BCUT2D eigenvalue weighted by Gasteiger charge is 2.54. The zero-order chi connectivity index (χ0) is 33.6. The van der Waals surface area contributed by atoms with Gasteiger partial charge in [-0.25, -0.2) is 9.48 Å². The van der Waals surface area contributed by atoms with Crippen LogP contribution in [0, 0.1) is 11.3 Å². The lowest BCUT2D eigenvalue weighted by molar-refractivity contribution is -0.0366. The molecule has 2 unspecified atom stereocenters. The Morgan fingerprint density at radius 1 is 1.00 bits per heavy atom. The maximum absolute atomic E-state index is 11.5. The number of allylic oxidation sites excluding steroid dienone is 1. The van der Waals surface area contributed by atoms with Crippen LogP contribution in [0.15, 0.2) is 54.1 Å². The lowest BCUT2D eigenvalue weighted by atomic mass is 9.60. The summed E-state index contributed by atoms with van der Waals surface area (Å²) in [5.41, 5.74) is 9.60. The van der Waals surface area contributed by atoms with Crippen molar-refractivity contribution in [3.63, 3.8) is 0 Å². The van der Waals surface area contributed by atoms with Crippen molar-refractivity contribution in [3.05, 3.63) is 65.3 Å². The van der Waals surface area contributed by atoms with Crippen LogP contribution in [0.4, 0.5) is 4.79 Å². The van der Waals surface area contributed by atoms with Crippen molar-refractivity contribution in [1.82, 2.24) is 9.78 Å². The SMILES string of the molecule is CC(C)(C)C(COc1ccc(C(=C(B2OC(C)(C)C(C)(C)O2)C2CCC2)c2ccc3c(cnn3C3CCCCO3)c2)cc1)OC(N)=O. The van der Waals surface area contributed by atoms with Gasteiger partial charge in [0, 0.05) is 17.4 Å². The van der Waals surface area contributed by atoms with E-state index in [0.717, 1.165) is 66.3 Å². The lowest BCUT2D eigenvalue weighted by Crippen LogP contribution is -2.41. The molecule has 10 heteroatoms. The van der Waals surface area contributed by atoms with Crippen LogP contribution in [0.5, 0.6) is 5.75 Å². The summed E-state index contributed by atoms with van der Waals surface area (Å²) < 4.78 is 33.1. The maximum atomic E-state index is 11.5. The molecular weight excluding hydrogens is 593 g/mol. The molecular formula is C37H50BN3O6. The van der Waals surface area contributed by atoms with Gasteiger partial charge in [0.05, 0.1) is 22.9 Å². The maximum Gasteiger partial charge on any atom is 0.491 e. The smallest absolute Gasteiger partial charge is 0.490 e. The number of carbonyl (C=O) groups excluding carboxylic acids is 1. The van der Waals surface area contributed by atoms with E-state index in [9.17, 15) is 4.79 Å². The lowest BCUT2D eigenvalue weighted by Gasteiger charge is -2.32. The number of rotatable bonds is 9. The van der Waals surface area contributed by atoms with Crippen molar-refractivity contribution in [3.8, 4) is 5.75 Å². The van der Waals surface area contributed by atoms with Crippen molar-refractivity contribution < 1.29 is 28.3 Å². The molecule has 1 aliphatic carbocycles. The monoisotopic (exact) mass is 643 g/mol. The highest BCUT2D eigenvalue weighted by atomic mass is 16.7. The molecule has 2 N–H and O–H groups in total. The number of carbonyl (C=O) groups is 1. The molecule has 2 aromatic carbocycles. The predicted octanol–water partition coefficient (Wildman–Crippen LogP) is 7.86. The summed E-state index contributed by atoms with van der Waals surface area (Å²) in [6, 6.07) is 14.7. The minimum atomic E-state index is -0.807. The van der Waals surface area contributed by atoms with Gasteiger partial charge in [-0.05, 0) is 112 Å². The number of benzene rings is 2. The van der Waals surface area contributed by atoms with Gasteiger partial charge in [-0.2, -0.15) is 5.10 Å². The summed E-state index contributed by atoms with van der Waals surface area (Å²) in [6.07, 6.45) is 7.20. The summed E-state index contributed by atoms with van der Waals surface area (Å²) >= 11 is 0. The van der Waals surface area contributed by atoms with E-state index in [1.165, 1.54) is 11.9 Å². The summed E-state index contributed by atoms with van der Waals surface area (Å²) in [5.74, 6) is 1.03. The van der Waals surface area contributed by atoms with Crippen LogP contribution in [0.3, 0.4) is 0 Å². The number of hydrogen-bond acceptors (Lipinski definition) is 7. The molecule has 6 rings (SSSR count). The number of ether oxygens (including phenoxy) is 3. The molecule has 3 heterocycles. The van der Waals surface area contributed by atoms with E-state index in [-0.39, 0.29) is 18.2 Å². The van der Waals surface area contributed by atoms with Gasteiger partial charge >= 0.3 is 13.2 Å². The topological polar surface area (TPSA) is 107 Å². The van der Waals surface area contributed by atoms with Gasteiger partial charge in [0.25, 0.3) is 0 Å². The van der Waals surface area contributed by atoms with Crippen molar-refractivity contribution in [2.75, 3.05) is 13.2 Å². The quantitative estimate of drug-likeness (QED) is 0.237.